The number of anilines is 2. The minimum absolute atomic E-state index is 0.0450. The number of rotatable bonds is 10. The van der Waals surface area contributed by atoms with Crippen molar-refractivity contribution in [1.29, 1.82) is 0 Å². The van der Waals surface area contributed by atoms with Crippen molar-refractivity contribution in [2.75, 3.05) is 31.3 Å². The summed E-state index contributed by atoms with van der Waals surface area (Å²) < 4.78 is 69.3. The van der Waals surface area contributed by atoms with Gasteiger partial charge in [0, 0.05) is 6.20 Å². The topological polar surface area (TPSA) is 308 Å². The third kappa shape index (κ3) is 5.78. The van der Waals surface area contributed by atoms with Crippen LogP contribution < -0.4 is 17.0 Å². The molecule has 0 aromatic carbocycles. The molecule has 2 aliphatic rings. The second-order valence-corrected chi connectivity index (χ2v) is 12.8. The van der Waals surface area contributed by atoms with Gasteiger partial charge in [0.25, 0.3) is 5.56 Å². The van der Waals surface area contributed by atoms with E-state index in [4.69, 9.17) is 34.5 Å². The zero-order chi connectivity index (χ0) is 33.1. The lowest BCUT2D eigenvalue weighted by Gasteiger charge is -2.24. The first-order valence-electron chi connectivity index (χ1n) is 13.3. The van der Waals surface area contributed by atoms with E-state index in [-0.39, 0.29) is 34.0 Å². The van der Waals surface area contributed by atoms with E-state index < -0.39 is 89.5 Å². The lowest BCUT2D eigenvalue weighted by Crippen LogP contribution is -2.36. The number of aliphatic hydroxyl groups is 3. The van der Waals surface area contributed by atoms with Crippen LogP contribution in [0.25, 0.3) is 22.2 Å². The number of nitrogen functional groups attached to an aromatic ring is 2. The summed E-state index contributed by atoms with van der Waals surface area (Å²) in [7, 11) is -7.52. The number of aromatic amines is 1. The molecule has 0 radical (unpaired) electrons. The molecule has 0 spiro atoms. The summed E-state index contributed by atoms with van der Waals surface area (Å²) in [6.07, 6.45) is -8.89. The smallest absolute Gasteiger partial charge is 0.394 e. The number of halogens is 1. The molecule has 0 saturated carbocycles. The van der Waals surface area contributed by atoms with Crippen LogP contribution in [0.5, 0.6) is 0 Å². The third-order valence-corrected chi connectivity index (χ3v) is 8.85. The summed E-state index contributed by atoms with van der Waals surface area (Å²) in [5.74, 6) is -1.28. The number of ether oxygens (including phenoxy) is 2. The Hall–Kier alpha value is -3.53. The highest BCUT2D eigenvalue weighted by molar-refractivity contribution is 7.47. The molecule has 6 heterocycles. The number of hydrogen-bond donors (Lipinski definition) is 7. The van der Waals surface area contributed by atoms with Crippen LogP contribution in [-0.2, 0) is 32.2 Å². The number of H-pyrrole nitrogens is 1. The highest BCUT2D eigenvalue weighted by atomic mass is 31.2. The van der Waals surface area contributed by atoms with Gasteiger partial charge in [-0.25, -0.2) is 23.9 Å². The van der Waals surface area contributed by atoms with Crippen LogP contribution in [0.3, 0.4) is 0 Å². The normalized spacial score (nSPS) is 29.9. The summed E-state index contributed by atoms with van der Waals surface area (Å²) in [6.45, 7) is -0.347. The highest BCUT2D eigenvalue weighted by Crippen LogP contribution is 2.50. The molecule has 4 aromatic heterocycles. The number of phosphoric acid groups is 1. The molecule has 4 aromatic rings. The van der Waals surface area contributed by atoms with Gasteiger partial charge < -0.3 is 45.7 Å². The van der Waals surface area contributed by atoms with Crippen molar-refractivity contribution < 1.29 is 56.8 Å². The van der Waals surface area contributed by atoms with Gasteiger partial charge >= 0.3 is 15.9 Å². The Labute approximate surface area is 256 Å². The molecule has 2 aliphatic heterocycles. The molecule has 248 valence electrons. The van der Waals surface area contributed by atoms with Crippen LogP contribution in [-0.4, -0.2) is 111 Å². The van der Waals surface area contributed by atoms with Gasteiger partial charge in [0.15, 0.2) is 47.9 Å². The van der Waals surface area contributed by atoms with Crippen molar-refractivity contribution in [3.8, 4) is 0 Å². The monoisotopic (exact) mass is 690 g/mol. The number of fused-ring (bicyclic) bond motifs is 2. The number of nitrogens with zero attached hydrogens (tertiary/aromatic N) is 6. The number of hydrogen-bond acceptors (Lipinski definition) is 17. The summed E-state index contributed by atoms with van der Waals surface area (Å²) in [5.41, 5.74) is 10.4. The Bertz CT molecular complexity index is 1910. The standard InChI is InChI=1S/C22H26FN9O12P2/c1-45(37)43-14-9(42-20(13(14)35)31-2-7(23)10-16(24)26-5-27-17(10)31)4-40-46(38,39)44-15-12(34)8(3-33)41-21(15)32-6-28-11-18(32)29-22(25)30-19(11)36/h2,5-6,8-9,12-15,20-21,33-35H,3-4H2,1H3,(H5-,24,25,26,27,29,30,36,38,39)/p+1. The quantitative estimate of drug-likeness (QED) is 0.0945. The fourth-order valence-corrected chi connectivity index (χ4v) is 6.86. The molecule has 21 nitrogen and oxygen atoms in total. The Morgan fingerprint density at radius 3 is 2.57 bits per heavy atom. The lowest BCUT2D eigenvalue weighted by molar-refractivity contribution is -0.0607. The number of nitrogens with two attached hydrogens (primary N) is 2. The summed E-state index contributed by atoms with van der Waals surface area (Å²) in [6, 6.07) is 0. The van der Waals surface area contributed by atoms with Crippen molar-refractivity contribution in [2.24, 2.45) is 0 Å². The first kappa shape index (κ1) is 32.4. The van der Waals surface area contributed by atoms with Gasteiger partial charge in [0.1, 0.15) is 42.7 Å². The van der Waals surface area contributed by atoms with E-state index in [1.807, 2.05) is 0 Å². The van der Waals surface area contributed by atoms with E-state index in [1.54, 1.807) is 0 Å². The van der Waals surface area contributed by atoms with Gasteiger partial charge in [-0.05, 0) is 4.57 Å². The molecule has 2 fully saturated rings. The fraction of sp³-hybridized carbons (Fsp3) is 0.500. The van der Waals surface area contributed by atoms with E-state index in [0.717, 1.165) is 28.0 Å². The van der Waals surface area contributed by atoms with Crippen molar-refractivity contribution in [3.05, 3.63) is 35.0 Å². The van der Waals surface area contributed by atoms with Crippen molar-refractivity contribution in [3.63, 3.8) is 0 Å². The molecule has 0 bridgehead atoms. The maximum absolute atomic E-state index is 14.7. The molecule has 46 heavy (non-hydrogen) atoms. The largest absolute Gasteiger partial charge is 0.505 e. The average molecular weight is 690 g/mol. The van der Waals surface area contributed by atoms with E-state index in [9.17, 15) is 38.5 Å². The molecule has 6 rings (SSSR count). The molecule has 9 N–H and O–H groups in total. The number of phosphoric ester groups is 1. The number of aliphatic hydroxyl groups excluding tert-OH is 3. The Morgan fingerprint density at radius 2 is 1.85 bits per heavy atom. The average Bonchev–Trinajstić information content (AvgIpc) is 3.72. The molecule has 2 saturated heterocycles. The zero-order valence-electron chi connectivity index (χ0n) is 23.4. The second-order valence-electron chi connectivity index (χ2n) is 10.3. The van der Waals surface area contributed by atoms with E-state index in [0.29, 0.717) is 0 Å². The van der Waals surface area contributed by atoms with Crippen LogP contribution in [0.4, 0.5) is 16.2 Å². The predicted molar refractivity (Wildman–Crippen MR) is 150 cm³/mol. The Morgan fingerprint density at radius 1 is 1.11 bits per heavy atom. The molecule has 24 heteroatoms. The molecule has 10 unspecified atom stereocenters. The molecule has 0 amide bonds. The van der Waals surface area contributed by atoms with Gasteiger partial charge in [0.05, 0.1) is 24.9 Å². The first-order chi connectivity index (χ1) is 21.8. The van der Waals surface area contributed by atoms with E-state index >= 15 is 0 Å². The number of aromatic nitrogens is 7. The minimum Gasteiger partial charge on any atom is -0.394 e. The molecule has 10 atom stereocenters. The van der Waals surface area contributed by atoms with Crippen LogP contribution in [0.1, 0.15) is 12.5 Å². The van der Waals surface area contributed by atoms with Gasteiger partial charge in [-0.3, -0.25) is 23.4 Å². The highest BCUT2D eigenvalue weighted by Gasteiger charge is 2.52. The van der Waals surface area contributed by atoms with Gasteiger partial charge in [-0.15, -0.1) is 4.52 Å². The van der Waals surface area contributed by atoms with Crippen LogP contribution in [0.15, 0.2) is 23.6 Å². The SMILES string of the molecule is C[P+](=O)OC1C(COP(=O)(O)OC2C(O)C(CO)OC2n2cnc3c(=O)[nH]c(N)nc32)OC(n2cc(F)c3c(N)ncnc32)C1O. The van der Waals surface area contributed by atoms with E-state index in [1.165, 1.54) is 6.66 Å². The Kier molecular flexibility index (Phi) is 8.63. The van der Waals surface area contributed by atoms with Crippen LogP contribution in [0, 0.1) is 5.82 Å². The minimum atomic E-state index is -5.16. The van der Waals surface area contributed by atoms with Gasteiger partial charge in [-0.1, -0.05) is 0 Å². The predicted octanol–water partition coefficient (Wildman–Crippen LogP) is -1.36. The number of imidazole rings is 1. The summed E-state index contributed by atoms with van der Waals surface area (Å²) >= 11 is 0. The van der Waals surface area contributed by atoms with Crippen LogP contribution >= 0.6 is 15.9 Å². The first-order valence-corrected chi connectivity index (χ1v) is 16.4. The van der Waals surface area contributed by atoms with E-state index in [2.05, 4.69) is 24.9 Å². The van der Waals surface area contributed by atoms with Crippen molar-refractivity contribution in [2.45, 2.75) is 49.1 Å². The lowest BCUT2D eigenvalue weighted by atomic mass is 10.1. The van der Waals surface area contributed by atoms with Gasteiger partial charge in [-0.2, -0.15) is 4.98 Å². The fourth-order valence-electron chi connectivity index (χ4n) is 5.33. The summed E-state index contributed by atoms with van der Waals surface area (Å²) in [4.78, 5) is 40.8. The molecular formula is C22H27FN9O12P2+. The van der Waals surface area contributed by atoms with Gasteiger partial charge in [0.2, 0.25) is 5.95 Å². The van der Waals surface area contributed by atoms with Crippen molar-refractivity contribution in [1.82, 2.24) is 34.1 Å². The molecule has 0 aliphatic carbocycles. The zero-order valence-corrected chi connectivity index (χ0v) is 25.2. The number of nitrogens with one attached hydrogen (secondary N) is 1. The second kappa shape index (κ2) is 12.2. The maximum Gasteiger partial charge on any atom is 0.505 e. The van der Waals surface area contributed by atoms with Crippen LogP contribution in [0.2, 0.25) is 0 Å². The van der Waals surface area contributed by atoms with Crippen molar-refractivity contribution >= 4 is 49.8 Å². The molecular weight excluding hydrogens is 663 g/mol. The third-order valence-electron chi connectivity index (χ3n) is 7.32. The Balaban J connectivity index is 1.23. The summed E-state index contributed by atoms with van der Waals surface area (Å²) in [5, 5.41) is 31.4. The maximum atomic E-state index is 14.7.